The van der Waals surface area contributed by atoms with E-state index >= 15 is 0 Å². The van der Waals surface area contributed by atoms with Crippen LogP contribution in [0.5, 0.6) is 0 Å². The maximum absolute atomic E-state index is 12.6. The van der Waals surface area contributed by atoms with Gasteiger partial charge in [-0.2, -0.15) is 0 Å². The van der Waals surface area contributed by atoms with Crippen LogP contribution in [0.15, 0.2) is 42.5 Å². The molecule has 1 heterocycles. The van der Waals surface area contributed by atoms with E-state index in [0.29, 0.717) is 24.2 Å². The van der Waals surface area contributed by atoms with E-state index in [1.54, 1.807) is 25.1 Å². The van der Waals surface area contributed by atoms with Crippen LogP contribution in [0.1, 0.15) is 21.5 Å². The van der Waals surface area contributed by atoms with Crippen molar-refractivity contribution in [3.63, 3.8) is 0 Å². The Labute approximate surface area is 122 Å². The van der Waals surface area contributed by atoms with Gasteiger partial charge < -0.3 is 4.90 Å². The second-order valence-corrected chi connectivity index (χ2v) is 5.11. The van der Waals surface area contributed by atoms with E-state index in [9.17, 15) is 14.9 Å². The van der Waals surface area contributed by atoms with E-state index < -0.39 is 4.92 Å². The van der Waals surface area contributed by atoms with Crippen molar-refractivity contribution in [1.82, 2.24) is 0 Å². The van der Waals surface area contributed by atoms with Crippen molar-refractivity contribution < 1.29 is 9.72 Å². The lowest BCUT2D eigenvalue weighted by atomic mass is 9.98. The minimum atomic E-state index is -0.434. The third kappa shape index (κ3) is 2.27. The van der Waals surface area contributed by atoms with Gasteiger partial charge >= 0.3 is 0 Å². The Kier molecular flexibility index (Phi) is 3.17. The van der Waals surface area contributed by atoms with Gasteiger partial charge in [0.05, 0.1) is 4.92 Å². The van der Waals surface area contributed by atoms with Crippen LogP contribution in [0, 0.1) is 17.0 Å². The number of hydrogen-bond donors (Lipinski definition) is 0. The van der Waals surface area contributed by atoms with E-state index in [1.165, 1.54) is 11.0 Å². The van der Waals surface area contributed by atoms with Crippen molar-refractivity contribution in [3.8, 4) is 0 Å². The van der Waals surface area contributed by atoms with E-state index in [4.69, 9.17) is 0 Å². The number of carbonyl (C=O) groups is 1. The highest BCUT2D eigenvalue weighted by Crippen LogP contribution is 2.32. The lowest BCUT2D eigenvalue weighted by Gasteiger charge is -2.28. The molecule has 5 heteroatoms. The third-order valence-electron chi connectivity index (χ3n) is 3.72. The number of carbonyl (C=O) groups excluding carboxylic acids is 1. The van der Waals surface area contributed by atoms with Crippen molar-refractivity contribution in [2.45, 2.75) is 13.3 Å². The fourth-order valence-corrected chi connectivity index (χ4v) is 2.66. The van der Waals surface area contributed by atoms with Crippen LogP contribution in [-0.4, -0.2) is 17.4 Å². The molecule has 0 aromatic heterocycles. The number of fused-ring (bicyclic) bond motifs is 1. The molecular weight excluding hydrogens is 268 g/mol. The van der Waals surface area contributed by atoms with Crippen molar-refractivity contribution in [2.75, 3.05) is 11.4 Å². The van der Waals surface area contributed by atoms with Crippen LogP contribution < -0.4 is 4.90 Å². The molecule has 0 N–H and O–H groups in total. The summed E-state index contributed by atoms with van der Waals surface area (Å²) in [5.74, 6) is -0.177. The van der Waals surface area contributed by atoms with E-state index in [-0.39, 0.29) is 11.6 Å². The van der Waals surface area contributed by atoms with Gasteiger partial charge in [0.2, 0.25) is 0 Å². The normalized spacial score (nSPS) is 14.0. The number of nitrogens with zero attached hydrogens (tertiary/aromatic N) is 2. The first-order valence-electron chi connectivity index (χ1n) is 6.73. The maximum atomic E-state index is 12.6. The quantitative estimate of drug-likeness (QED) is 0.628. The largest absolute Gasteiger partial charge is 0.302 e. The third-order valence-corrected chi connectivity index (χ3v) is 3.72. The fourth-order valence-electron chi connectivity index (χ4n) is 2.66. The maximum Gasteiger partial charge on any atom is 0.293 e. The summed E-state index contributed by atoms with van der Waals surface area (Å²) in [6, 6.07) is 12.3. The molecule has 0 atom stereocenters. The molecule has 0 bridgehead atoms. The molecule has 2 aromatic rings. The van der Waals surface area contributed by atoms with Gasteiger partial charge in [-0.1, -0.05) is 24.3 Å². The fraction of sp³-hybridized carbons (Fsp3) is 0.188. The molecule has 1 aliphatic heterocycles. The lowest BCUT2D eigenvalue weighted by Crippen LogP contribution is -2.37. The molecule has 106 valence electrons. The van der Waals surface area contributed by atoms with Gasteiger partial charge in [0.25, 0.3) is 11.6 Å². The Morgan fingerprint density at radius 3 is 2.71 bits per heavy atom. The van der Waals surface area contributed by atoms with Crippen LogP contribution >= 0.6 is 0 Å². The number of nitro benzene ring substituents is 1. The zero-order valence-corrected chi connectivity index (χ0v) is 11.6. The first-order chi connectivity index (χ1) is 10.1. The van der Waals surface area contributed by atoms with Gasteiger partial charge in [-0.3, -0.25) is 14.9 Å². The Balaban J connectivity index is 2.07. The van der Waals surface area contributed by atoms with Crippen LogP contribution in [-0.2, 0) is 6.42 Å². The first kappa shape index (κ1) is 13.3. The van der Waals surface area contributed by atoms with Crippen molar-refractivity contribution >= 4 is 17.3 Å². The van der Waals surface area contributed by atoms with E-state index in [2.05, 4.69) is 0 Å². The molecule has 0 saturated heterocycles. The average Bonchev–Trinajstić information content (AvgIpc) is 2.48. The minimum Gasteiger partial charge on any atom is -0.302 e. The van der Waals surface area contributed by atoms with Crippen molar-refractivity contribution in [1.29, 1.82) is 0 Å². The summed E-state index contributed by atoms with van der Waals surface area (Å²) in [5.41, 5.74) is 2.76. The zero-order chi connectivity index (χ0) is 15.0. The van der Waals surface area contributed by atoms with Gasteiger partial charge in [0, 0.05) is 18.2 Å². The summed E-state index contributed by atoms with van der Waals surface area (Å²) in [4.78, 5) is 24.9. The molecule has 0 fully saturated rings. The van der Waals surface area contributed by atoms with Crippen LogP contribution in [0.2, 0.25) is 0 Å². The predicted octanol–water partition coefficient (Wildman–Crippen LogP) is 3.11. The summed E-state index contributed by atoms with van der Waals surface area (Å²) < 4.78 is 0. The summed E-state index contributed by atoms with van der Waals surface area (Å²) in [7, 11) is 0. The number of amides is 1. The molecule has 5 nitrogen and oxygen atoms in total. The summed E-state index contributed by atoms with van der Waals surface area (Å²) in [6.45, 7) is 2.25. The second-order valence-electron chi connectivity index (χ2n) is 5.11. The predicted molar refractivity (Wildman–Crippen MR) is 79.7 cm³/mol. The van der Waals surface area contributed by atoms with Crippen LogP contribution in [0.4, 0.5) is 11.4 Å². The topological polar surface area (TPSA) is 63.5 Å². The minimum absolute atomic E-state index is 0.0252. The molecule has 0 unspecified atom stereocenters. The Bertz CT molecular complexity index is 740. The zero-order valence-electron chi connectivity index (χ0n) is 11.6. The molecule has 0 aliphatic carbocycles. The Morgan fingerprint density at radius 2 is 1.95 bits per heavy atom. The highest BCUT2D eigenvalue weighted by molar-refractivity contribution is 6.09. The van der Waals surface area contributed by atoms with Crippen LogP contribution in [0.3, 0.4) is 0 Å². The van der Waals surface area contributed by atoms with Gasteiger partial charge in [0.15, 0.2) is 0 Å². The van der Waals surface area contributed by atoms with E-state index in [1.807, 2.05) is 18.2 Å². The van der Waals surface area contributed by atoms with Crippen LogP contribution in [0.25, 0.3) is 0 Å². The molecule has 1 aliphatic rings. The lowest BCUT2D eigenvalue weighted by molar-refractivity contribution is -0.384. The molecule has 3 rings (SSSR count). The molecule has 2 aromatic carbocycles. The highest BCUT2D eigenvalue weighted by Gasteiger charge is 2.29. The number of benzene rings is 2. The molecule has 21 heavy (non-hydrogen) atoms. The van der Waals surface area contributed by atoms with Crippen molar-refractivity contribution in [2.24, 2.45) is 0 Å². The van der Waals surface area contributed by atoms with Gasteiger partial charge in [-0.05, 0) is 36.6 Å². The Morgan fingerprint density at radius 1 is 1.19 bits per heavy atom. The molecule has 1 amide bonds. The van der Waals surface area contributed by atoms with Gasteiger partial charge in [0.1, 0.15) is 5.69 Å². The van der Waals surface area contributed by atoms with Gasteiger partial charge in [-0.15, -0.1) is 0 Å². The average molecular weight is 282 g/mol. The van der Waals surface area contributed by atoms with Gasteiger partial charge in [-0.25, -0.2) is 0 Å². The molecule has 0 radical (unpaired) electrons. The monoisotopic (exact) mass is 282 g/mol. The number of aryl methyl sites for hydroxylation is 1. The molecule has 0 saturated carbocycles. The smallest absolute Gasteiger partial charge is 0.293 e. The second kappa shape index (κ2) is 5.01. The number of rotatable bonds is 2. The number of anilines is 1. The Hall–Kier alpha value is -2.69. The molecular formula is C16H14N2O3. The number of hydrogen-bond acceptors (Lipinski definition) is 3. The first-order valence-corrected chi connectivity index (χ1v) is 6.73. The SMILES string of the molecule is Cc1ccc(N2CCc3ccccc3C2=O)c([N+](=O)[O-])c1. The number of nitro groups is 1. The van der Waals surface area contributed by atoms with E-state index in [0.717, 1.165) is 11.1 Å². The summed E-state index contributed by atoms with van der Waals surface area (Å²) >= 11 is 0. The molecule has 0 spiro atoms. The summed E-state index contributed by atoms with van der Waals surface area (Å²) in [6.07, 6.45) is 0.701. The van der Waals surface area contributed by atoms with Crippen molar-refractivity contribution in [3.05, 3.63) is 69.3 Å². The summed E-state index contributed by atoms with van der Waals surface area (Å²) in [5, 5.41) is 11.2. The highest BCUT2D eigenvalue weighted by atomic mass is 16.6. The standard InChI is InChI=1S/C16H14N2O3/c1-11-6-7-14(15(10-11)18(20)21)17-9-8-12-4-2-3-5-13(12)16(17)19/h2-7,10H,8-9H2,1H3.